The molecule has 0 aliphatic heterocycles. The number of amides is 6. The number of aliphatic carboxylic acids is 1. The minimum Gasteiger partial charge on any atom is -0.480 e. The molecule has 0 aromatic carbocycles. The summed E-state index contributed by atoms with van der Waals surface area (Å²) in [7, 11) is 0. The molecule has 0 bridgehead atoms. The Morgan fingerprint density at radius 1 is 0.444 bits per heavy atom. The first-order valence-corrected chi connectivity index (χ1v) is 11.3. The number of nitrogens with one attached hydrogen (secondary N) is 6. The van der Waals surface area contributed by atoms with Crippen LogP contribution in [0, 0.1) is 0 Å². The highest BCUT2D eigenvalue weighted by Crippen LogP contribution is 1.94. The molecule has 0 aromatic rings. The zero-order chi connectivity index (χ0) is 28.3. The van der Waals surface area contributed by atoms with E-state index in [1.54, 1.807) is 0 Å². The van der Waals surface area contributed by atoms with E-state index in [2.05, 4.69) is 31.9 Å². The molecule has 0 aromatic heterocycles. The van der Waals surface area contributed by atoms with Crippen molar-refractivity contribution in [2.45, 2.75) is 90.8 Å². The molecule has 0 unspecified atom stereocenters. The molecule has 0 aliphatic rings. The highest BCUT2D eigenvalue weighted by Gasteiger charge is 2.27. The molecule has 0 saturated carbocycles. The maximum Gasteiger partial charge on any atom is 0.325 e. The van der Waals surface area contributed by atoms with E-state index in [1.807, 2.05) is 0 Å². The largest absolute Gasteiger partial charge is 0.480 e. The van der Waals surface area contributed by atoms with Gasteiger partial charge in [-0.2, -0.15) is 0 Å². The van der Waals surface area contributed by atoms with Gasteiger partial charge in [-0.15, -0.1) is 0 Å². The highest BCUT2D eigenvalue weighted by atomic mass is 16.4. The predicted molar refractivity (Wildman–Crippen MR) is 127 cm³/mol. The molecular formula is C21H37N7O8. The Kier molecular flexibility index (Phi) is 13.1. The van der Waals surface area contributed by atoms with Gasteiger partial charge in [0.25, 0.3) is 0 Å². The maximum absolute atomic E-state index is 12.4. The molecule has 204 valence electrons. The van der Waals surface area contributed by atoms with Gasteiger partial charge < -0.3 is 42.7 Å². The fraction of sp³-hybridized carbons (Fsp3) is 0.667. The number of hydrogen-bond acceptors (Lipinski definition) is 8. The fourth-order valence-electron chi connectivity index (χ4n) is 2.43. The lowest BCUT2D eigenvalue weighted by molar-refractivity contribution is -0.141. The van der Waals surface area contributed by atoms with Crippen LogP contribution in [-0.4, -0.2) is 88.8 Å². The third-order valence-corrected chi connectivity index (χ3v) is 4.90. The molecular weight excluding hydrogens is 478 g/mol. The molecule has 6 amide bonds. The second kappa shape index (κ2) is 14.6. The molecule has 0 radical (unpaired) electrons. The summed E-state index contributed by atoms with van der Waals surface area (Å²) in [5, 5.41) is 22.9. The lowest BCUT2D eigenvalue weighted by atomic mass is 10.2. The van der Waals surface area contributed by atoms with Gasteiger partial charge in [0.1, 0.15) is 36.3 Å². The van der Waals surface area contributed by atoms with Crippen molar-refractivity contribution in [2.24, 2.45) is 5.73 Å². The van der Waals surface area contributed by atoms with Crippen LogP contribution >= 0.6 is 0 Å². The first kappa shape index (κ1) is 32.2. The van der Waals surface area contributed by atoms with Gasteiger partial charge in [0, 0.05) is 0 Å². The lowest BCUT2D eigenvalue weighted by Crippen LogP contribution is -2.57. The van der Waals surface area contributed by atoms with Crippen LogP contribution < -0.4 is 37.6 Å². The van der Waals surface area contributed by atoms with Crippen molar-refractivity contribution in [1.82, 2.24) is 31.9 Å². The molecule has 9 N–H and O–H groups in total. The lowest BCUT2D eigenvalue weighted by Gasteiger charge is -2.22. The van der Waals surface area contributed by atoms with Gasteiger partial charge in [0.05, 0.1) is 6.04 Å². The zero-order valence-electron chi connectivity index (χ0n) is 21.4. The first-order chi connectivity index (χ1) is 16.5. The molecule has 15 heteroatoms. The summed E-state index contributed by atoms with van der Waals surface area (Å²) in [5.41, 5.74) is 5.43. The second-order valence-corrected chi connectivity index (χ2v) is 8.51. The number of rotatable bonds is 13. The minimum atomic E-state index is -1.24. The van der Waals surface area contributed by atoms with Crippen LogP contribution in [0.4, 0.5) is 0 Å². The smallest absolute Gasteiger partial charge is 0.325 e. The Labute approximate surface area is 209 Å². The van der Waals surface area contributed by atoms with E-state index >= 15 is 0 Å². The summed E-state index contributed by atoms with van der Waals surface area (Å²) in [6.45, 7) is 9.57. The first-order valence-electron chi connectivity index (χ1n) is 11.3. The van der Waals surface area contributed by atoms with Crippen molar-refractivity contribution in [3.05, 3.63) is 0 Å². The van der Waals surface area contributed by atoms with Crippen LogP contribution in [0.2, 0.25) is 0 Å². The van der Waals surface area contributed by atoms with Gasteiger partial charge >= 0.3 is 5.97 Å². The molecule has 0 saturated heterocycles. The third-order valence-electron chi connectivity index (χ3n) is 4.90. The van der Waals surface area contributed by atoms with E-state index in [1.165, 1.54) is 48.5 Å². The Bertz CT molecular complexity index is 863. The van der Waals surface area contributed by atoms with E-state index in [9.17, 15) is 33.6 Å². The summed E-state index contributed by atoms with van der Waals surface area (Å²) in [5.74, 6) is -5.25. The second-order valence-electron chi connectivity index (χ2n) is 8.51. The molecule has 0 heterocycles. The number of carbonyl (C=O) groups is 7. The highest BCUT2D eigenvalue weighted by molar-refractivity contribution is 5.96. The summed E-state index contributed by atoms with van der Waals surface area (Å²) < 4.78 is 0. The van der Waals surface area contributed by atoms with Crippen molar-refractivity contribution < 1.29 is 38.7 Å². The number of carboxylic acids is 1. The average Bonchev–Trinajstić information content (AvgIpc) is 2.77. The van der Waals surface area contributed by atoms with Crippen LogP contribution in [0.25, 0.3) is 0 Å². The van der Waals surface area contributed by atoms with Gasteiger partial charge in [-0.05, 0) is 48.5 Å². The maximum atomic E-state index is 12.4. The standard InChI is InChI=1S/C21H37N7O8/c1-8(22)15(29)23-9(2)16(30)24-10(3)17(31)25-11(4)18(32)26-12(5)19(33)27-13(6)20(34)28-14(7)21(35)36/h8-14H,22H2,1-7H3,(H,23,29)(H,24,30)(H,25,31)(H,26,32)(H,27,33)(H,28,34)(H,35,36)/t8-,9-,10+,11+,12+,13-,14-/m0/s1. The molecule has 36 heavy (non-hydrogen) atoms. The molecule has 0 rings (SSSR count). The zero-order valence-corrected chi connectivity index (χ0v) is 21.4. The van der Waals surface area contributed by atoms with Gasteiger partial charge in [-0.25, -0.2) is 0 Å². The molecule has 0 aliphatic carbocycles. The summed E-state index contributed by atoms with van der Waals surface area (Å²) in [4.78, 5) is 83.5. The Hall–Kier alpha value is -3.75. The molecule has 7 atom stereocenters. The van der Waals surface area contributed by atoms with Crippen LogP contribution in [-0.2, 0) is 33.6 Å². The van der Waals surface area contributed by atoms with Crippen molar-refractivity contribution in [2.75, 3.05) is 0 Å². The van der Waals surface area contributed by atoms with Crippen molar-refractivity contribution >= 4 is 41.4 Å². The predicted octanol–water partition coefficient (Wildman–Crippen LogP) is -3.55. The summed E-state index contributed by atoms with van der Waals surface area (Å²) in [6, 6.07) is -7.20. The van der Waals surface area contributed by atoms with Crippen molar-refractivity contribution in [3.8, 4) is 0 Å². The number of carboxylic acid groups (broad SMARTS) is 1. The van der Waals surface area contributed by atoms with Gasteiger partial charge in [0.2, 0.25) is 35.4 Å². The number of carbonyl (C=O) groups excluding carboxylic acids is 6. The Morgan fingerprint density at radius 2 is 0.639 bits per heavy atom. The van der Waals surface area contributed by atoms with E-state index < -0.39 is 83.7 Å². The van der Waals surface area contributed by atoms with Crippen LogP contribution in [0.5, 0.6) is 0 Å². The van der Waals surface area contributed by atoms with E-state index in [4.69, 9.17) is 10.8 Å². The van der Waals surface area contributed by atoms with Gasteiger partial charge in [0.15, 0.2) is 0 Å². The number of nitrogens with two attached hydrogens (primary N) is 1. The summed E-state index contributed by atoms with van der Waals surface area (Å²) >= 11 is 0. The van der Waals surface area contributed by atoms with Crippen molar-refractivity contribution in [3.63, 3.8) is 0 Å². The van der Waals surface area contributed by atoms with Crippen LogP contribution in [0.1, 0.15) is 48.5 Å². The topological polar surface area (TPSA) is 238 Å². The quantitative estimate of drug-likeness (QED) is 0.121. The Morgan fingerprint density at radius 3 is 0.833 bits per heavy atom. The van der Waals surface area contributed by atoms with Crippen LogP contribution in [0.3, 0.4) is 0 Å². The van der Waals surface area contributed by atoms with Gasteiger partial charge in [-0.1, -0.05) is 0 Å². The molecule has 0 spiro atoms. The average molecular weight is 516 g/mol. The number of hydrogen-bond donors (Lipinski definition) is 8. The van der Waals surface area contributed by atoms with Crippen molar-refractivity contribution in [1.29, 1.82) is 0 Å². The molecule has 15 nitrogen and oxygen atoms in total. The Balaban J connectivity index is 4.71. The third kappa shape index (κ3) is 11.1. The van der Waals surface area contributed by atoms with Crippen LogP contribution in [0.15, 0.2) is 0 Å². The summed E-state index contributed by atoms with van der Waals surface area (Å²) in [6.07, 6.45) is 0. The normalized spacial score (nSPS) is 16.4. The van der Waals surface area contributed by atoms with Gasteiger partial charge in [-0.3, -0.25) is 33.6 Å². The minimum absolute atomic E-state index is 0.539. The van der Waals surface area contributed by atoms with E-state index in [-0.39, 0.29) is 0 Å². The monoisotopic (exact) mass is 515 g/mol. The van der Waals surface area contributed by atoms with E-state index in [0.29, 0.717) is 0 Å². The molecule has 0 fully saturated rings. The fourth-order valence-corrected chi connectivity index (χ4v) is 2.43. The SMILES string of the molecule is C[C@H](N)C(=O)N[C@@H](C)C(=O)N[C@H](C)C(=O)N[C@H](C)C(=O)N[C@H](C)C(=O)N[C@@H](C)C(=O)N[C@@H](C)C(=O)O. The van der Waals surface area contributed by atoms with E-state index in [0.717, 1.165) is 0 Å².